The SMILES string of the molecule is CC1=C(C(=O)OC(C)C)C(c2cccc(Br)c2)C2=C(CC(c3ccccc3)CC2=O)N1. The summed E-state index contributed by atoms with van der Waals surface area (Å²) in [5.74, 6) is -0.617. The maximum atomic E-state index is 13.5. The fraction of sp³-hybridized carbons (Fsp3) is 0.308. The molecule has 0 amide bonds. The number of nitrogens with one attached hydrogen (secondary N) is 1. The highest BCUT2D eigenvalue weighted by molar-refractivity contribution is 9.10. The van der Waals surface area contributed by atoms with Gasteiger partial charge >= 0.3 is 5.97 Å². The summed E-state index contributed by atoms with van der Waals surface area (Å²) in [6, 6.07) is 18.0. The number of halogens is 1. The zero-order valence-corrected chi connectivity index (χ0v) is 19.5. The fourth-order valence-electron chi connectivity index (χ4n) is 4.57. The Labute approximate surface area is 191 Å². The quantitative estimate of drug-likeness (QED) is 0.566. The molecule has 1 aliphatic carbocycles. The number of benzene rings is 2. The molecule has 160 valence electrons. The van der Waals surface area contributed by atoms with Crippen LogP contribution in [0.2, 0.25) is 0 Å². The van der Waals surface area contributed by atoms with Crippen molar-refractivity contribution in [2.75, 3.05) is 0 Å². The Morgan fingerprint density at radius 2 is 1.77 bits per heavy atom. The van der Waals surface area contributed by atoms with E-state index in [2.05, 4.69) is 33.4 Å². The number of allylic oxidation sites excluding steroid dienone is 3. The summed E-state index contributed by atoms with van der Waals surface area (Å²) in [6.45, 7) is 5.56. The highest BCUT2D eigenvalue weighted by Gasteiger charge is 2.41. The number of carbonyl (C=O) groups excluding carboxylic acids is 2. The molecule has 0 saturated heterocycles. The average molecular weight is 480 g/mol. The maximum absolute atomic E-state index is 13.5. The van der Waals surface area contributed by atoms with E-state index in [4.69, 9.17) is 4.74 Å². The number of carbonyl (C=O) groups is 2. The third kappa shape index (κ3) is 4.38. The van der Waals surface area contributed by atoms with E-state index >= 15 is 0 Å². The summed E-state index contributed by atoms with van der Waals surface area (Å²) in [5, 5.41) is 3.39. The molecule has 0 radical (unpaired) electrons. The van der Waals surface area contributed by atoms with Crippen molar-refractivity contribution in [1.82, 2.24) is 5.32 Å². The van der Waals surface area contributed by atoms with Gasteiger partial charge in [0.15, 0.2) is 5.78 Å². The lowest BCUT2D eigenvalue weighted by molar-refractivity contribution is -0.143. The first kappa shape index (κ1) is 21.6. The van der Waals surface area contributed by atoms with Crippen LogP contribution in [0.25, 0.3) is 0 Å². The van der Waals surface area contributed by atoms with Gasteiger partial charge in [-0.1, -0.05) is 58.4 Å². The second-order valence-corrected chi connectivity index (χ2v) is 9.35. The van der Waals surface area contributed by atoms with E-state index in [9.17, 15) is 9.59 Å². The van der Waals surface area contributed by atoms with E-state index in [-0.39, 0.29) is 23.8 Å². The van der Waals surface area contributed by atoms with Crippen LogP contribution in [-0.2, 0) is 14.3 Å². The number of rotatable bonds is 4. The Kier molecular flexibility index (Phi) is 6.15. The highest BCUT2D eigenvalue weighted by Crippen LogP contribution is 2.46. The molecule has 0 fully saturated rings. The highest BCUT2D eigenvalue weighted by atomic mass is 79.9. The van der Waals surface area contributed by atoms with Crippen molar-refractivity contribution < 1.29 is 14.3 Å². The minimum Gasteiger partial charge on any atom is -0.460 e. The van der Waals surface area contributed by atoms with Gasteiger partial charge in [0.2, 0.25) is 0 Å². The lowest BCUT2D eigenvalue weighted by Crippen LogP contribution is -2.36. The number of Topliss-reactive ketones (excluding diaryl/α,β-unsaturated/α-hetero) is 1. The lowest BCUT2D eigenvalue weighted by atomic mass is 9.72. The predicted octanol–water partition coefficient (Wildman–Crippen LogP) is 5.76. The van der Waals surface area contributed by atoms with Gasteiger partial charge in [0.25, 0.3) is 0 Å². The number of hydrogen-bond donors (Lipinski definition) is 1. The van der Waals surface area contributed by atoms with Gasteiger partial charge in [-0.2, -0.15) is 0 Å². The van der Waals surface area contributed by atoms with Gasteiger partial charge in [-0.15, -0.1) is 0 Å². The smallest absolute Gasteiger partial charge is 0.337 e. The summed E-state index contributed by atoms with van der Waals surface area (Å²) in [5.41, 5.74) is 4.92. The molecule has 2 unspecified atom stereocenters. The number of esters is 1. The van der Waals surface area contributed by atoms with Crippen molar-refractivity contribution in [2.24, 2.45) is 0 Å². The molecule has 1 heterocycles. The lowest BCUT2D eigenvalue weighted by Gasteiger charge is -2.37. The Morgan fingerprint density at radius 1 is 1.06 bits per heavy atom. The van der Waals surface area contributed by atoms with Crippen LogP contribution in [0.15, 0.2) is 81.6 Å². The van der Waals surface area contributed by atoms with Crippen LogP contribution in [0.5, 0.6) is 0 Å². The van der Waals surface area contributed by atoms with Gasteiger partial charge in [0.1, 0.15) is 0 Å². The van der Waals surface area contributed by atoms with Crippen LogP contribution >= 0.6 is 15.9 Å². The molecule has 0 spiro atoms. The topological polar surface area (TPSA) is 55.4 Å². The zero-order chi connectivity index (χ0) is 22.1. The second-order valence-electron chi connectivity index (χ2n) is 8.44. The fourth-order valence-corrected chi connectivity index (χ4v) is 4.98. The summed E-state index contributed by atoms with van der Waals surface area (Å²) in [4.78, 5) is 26.6. The first-order valence-electron chi connectivity index (χ1n) is 10.6. The zero-order valence-electron chi connectivity index (χ0n) is 17.9. The molecular formula is C26H26BrNO3. The monoisotopic (exact) mass is 479 g/mol. The molecular weight excluding hydrogens is 454 g/mol. The van der Waals surface area contributed by atoms with Gasteiger partial charge in [-0.05, 0) is 56.4 Å². The molecule has 1 aliphatic heterocycles. The molecule has 2 aromatic carbocycles. The Hall–Kier alpha value is -2.66. The summed E-state index contributed by atoms with van der Waals surface area (Å²) < 4.78 is 6.47. The van der Waals surface area contributed by atoms with E-state index in [0.29, 0.717) is 17.6 Å². The van der Waals surface area contributed by atoms with Crippen LogP contribution in [0, 0.1) is 0 Å². The Morgan fingerprint density at radius 3 is 2.45 bits per heavy atom. The molecule has 4 nitrogen and oxygen atoms in total. The summed E-state index contributed by atoms with van der Waals surface area (Å²) in [6.07, 6.45) is 0.927. The van der Waals surface area contributed by atoms with Crippen LogP contribution in [0.1, 0.15) is 56.6 Å². The van der Waals surface area contributed by atoms with Gasteiger partial charge in [-0.25, -0.2) is 4.79 Å². The number of ether oxygens (including phenoxy) is 1. The summed E-state index contributed by atoms with van der Waals surface area (Å²) >= 11 is 3.54. The third-order valence-corrected chi connectivity index (χ3v) is 6.34. The Bertz CT molecular complexity index is 1080. The Balaban J connectivity index is 1.81. The van der Waals surface area contributed by atoms with Gasteiger partial charge in [0.05, 0.1) is 11.7 Å². The molecule has 2 aromatic rings. The van der Waals surface area contributed by atoms with Crippen molar-refractivity contribution in [3.05, 3.63) is 92.7 Å². The maximum Gasteiger partial charge on any atom is 0.337 e. The van der Waals surface area contributed by atoms with Crippen LogP contribution < -0.4 is 5.32 Å². The normalized spacial score (nSPS) is 21.1. The van der Waals surface area contributed by atoms with Gasteiger partial charge < -0.3 is 10.1 Å². The van der Waals surface area contributed by atoms with Crippen LogP contribution in [0.4, 0.5) is 0 Å². The molecule has 0 saturated carbocycles. The first-order chi connectivity index (χ1) is 14.8. The van der Waals surface area contributed by atoms with Crippen LogP contribution in [-0.4, -0.2) is 17.9 Å². The molecule has 2 atom stereocenters. The van der Waals surface area contributed by atoms with Gasteiger partial charge in [0, 0.05) is 33.8 Å². The molecule has 2 aliphatic rings. The molecule has 0 aromatic heterocycles. The largest absolute Gasteiger partial charge is 0.460 e. The number of dihydropyridines is 1. The molecule has 4 rings (SSSR count). The second kappa shape index (κ2) is 8.83. The third-order valence-electron chi connectivity index (χ3n) is 5.84. The minimum atomic E-state index is -0.441. The predicted molar refractivity (Wildman–Crippen MR) is 124 cm³/mol. The van der Waals surface area contributed by atoms with Crippen molar-refractivity contribution in [2.45, 2.75) is 51.6 Å². The number of ketones is 1. The molecule has 31 heavy (non-hydrogen) atoms. The standard InChI is InChI=1S/C26H26BrNO3/c1-15(2)31-26(30)23-16(3)28-21-13-19(17-8-5-4-6-9-17)14-22(29)25(21)24(23)18-10-7-11-20(27)12-18/h4-12,15,19,24,28H,13-14H2,1-3H3. The van der Waals surface area contributed by atoms with Crippen LogP contribution in [0.3, 0.4) is 0 Å². The van der Waals surface area contributed by atoms with Crippen molar-refractivity contribution in [3.63, 3.8) is 0 Å². The minimum absolute atomic E-state index is 0.0786. The first-order valence-corrected chi connectivity index (χ1v) is 11.4. The van der Waals surface area contributed by atoms with E-state index in [0.717, 1.165) is 33.4 Å². The van der Waals surface area contributed by atoms with E-state index in [1.54, 1.807) is 0 Å². The van der Waals surface area contributed by atoms with Crippen molar-refractivity contribution in [3.8, 4) is 0 Å². The van der Waals surface area contributed by atoms with Crippen molar-refractivity contribution in [1.29, 1.82) is 0 Å². The van der Waals surface area contributed by atoms with E-state index in [1.807, 2.05) is 63.2 Å². The number of hydrogen-bond acceptors (Lipinski definition) is 4. The van der Waals surface area contributed by atoms with Gasteiger partial charge in [-0.3, -0.25) is 4.79 Å². The molecule has 5 heteroatoms. The van der Waals surface area contributed by atoms with Crippen molar-refractivity contribution >= 4 is 27.7 Å². The van der Waals surface area contributed by atoms with E-state index < -0.39 is 5.92 Å². The van der Waals surface area contributed by atoms with E-state index in [1.165, 1.54) is 0 Å². The molecule has 1 N–H and O–H groups in total. The summed E-state index contributed by atoms with van der Waals surface area (Å²) in [7, 11) is 0. The average Bonchev–Trinajstić information content (AvgIpc) is 2.72. The molecule has 0 bridgehead atoms.